The average molecular weight is 171 g/mol. The lowest BCUT2D eigenvalue weighted by Gasteiger charge is -2.02. The van der Waals surface area contributed by atoms with Gasteiger partial charge in [-0.05, 0) is 19.1 Å². The zero-order chi connectivity index (χ0) is 9.14. The molecule has 1 rings (SSSR count). The van der Waals surface area contributed by atoms with Gasteiger partial charge in [0.15, 0.2) is 6.29 Å². The predicted octanol–water partition coefficient (Wildman–Crippen LogP) is 2.14. The maximum absolute atomic E-state index is 12.2. The molecule has 1 aromatic rings. The second-order valence-electron chi connectivity index (χ2n) is 2.35. The first kappa shape index (κ1) is 8.77. The van der Waals surface area contributed by atoms with Gasteiger partial charge in [-0.15, -0.1) is 0 Å². The number of rotatable bonds is 2. The number of nitrogens with zero attached hydrogens (tertiary/aromatic N) is 1. The summed E-state index contributed by atoms with van der Waals surface area (Å²) >= 11 is 0. The summed E-state index contributed by atoms with van der Waals surface area (Å²) in [6.07, 6.45) is -2.31. The fourth-order valence-corrected chi connectivity index (χ4v) is 0.862. The van der Waals surface area contributed by atoms with Crippen LogP contribution in [0.25, 0.3) is 0 Å². The average Bonchev–Trinajstić information content (AvgIpc) is 2.04. The molecule has 0 radical (unpaired) electrons. The lowest BCUT2D eigenvalue weighted by Crippen LogP contribution is -1.98. The van der Waals surface area contributed by atoms with E-state index < -0.39 is 12.1 Å². The summed E-state index contributed by atoms with van der Waals surface area (Å²) in [6, 6.07) is 2.87. The summed E-state index contributed by atoms with van der Waals surface area (Å²) in [5.74, 6) is 0. The number of alkyl halides is 2. The maximum atomic E-state index is 12.2. The molecule has 0 bridgehead atoms. The van der Waals surface area contributed by atoms with E-state index in [1.807, 2.05) is 0 Å². The second-order valence-corrected chi connectivity index (χ2v) is 2.35. The van der Waals surface area contributed by atoms with Crippen molar-refractivity contribution in [3.05, 3.63) is 29.1 Å². The molecule has 0 aliphatic heterocycles. The Morgan fingerprint density at radius 3 is 2.67 bits per heavy atom. The Bertz CT molecular complexity index is 299. The fourth-order valence-electron chi connectivity index (χ4n) is 0.862. The molecular formula is C8H7F2NO. The van der Waals surface area contributed by atoms with Crippen LogP contribution in [0, 0.1) is 6.92 Å². The van der Waals surface area contributed by atoms with Gasteiger partial charge in [0, 0.05) is 11.3 Å². The Morgan fingerprint density at radius 1 is 1.50 bits per heavy atom. The summed E-state index contributed by atoms with van der Waals surface area (Å²) in [7, 11) is 0. The van der Waals surface area contributed by atoms with Crippen molar-refractivity contribution in [3.63, 3.8) is 0 Å². The van der Waals surface area contributed by atoms with Gasteiger partial charge in [0.1, 0.15) is 5.69 Å². The van der Waals surface area contributed by atoms with Gasteiger partial charge < -0.3 is 0 Å². The zero-order valence-corrected chi connectivity index (χ0v) is 6.42. The highest BCUT2D eigenvalue weighted by molar-refractivity contribution is 5.76. The van der Waals surface area contributed by atoms with Gasteiger partial charge in [0.2, 0.25) is 0 Å². The molecule has 1 aromatic heterocycles. The van der Waals surface area contributed by atoms with E-state index in [1.165, 1.54) is 12.1 Å². The summed E-state index contributed by atoms with van der Waals surface area (Å²) < 4.78 is 24.3. The molecule has 0 unspecified atom stereocenters. The Balaban J connectivity index is 3.21. The largest absolute Gasteiger partial charge is 0.298 e. The number of aromatic nitrogens is 1. The van der Waals surface area contributed by atoms with Gasteiger partial charge >= 0.3 is 0 Å². The van der Waals surface area contributed by atoms with Crippen LogP contribution in [0.4, 0.5) is 8.78 Å². The lowest BCUT2D eigenvalue weighted by molar-refractivity contribution is 0.110. The first-order chi connectivity index (χ1) is 5.65. The highest BCUT2D eigenvalue weighted by atomic mass is 19.3. The SMILES string of the molecule is Cc1ccc(C=O)c(C(F)F)n1. The van der Waals surface area contributed by atoms with Crippen molar-refractivity contribution < 1.29 is 13.6 Å². The van der Waals surface area contributed by atoms with E-state index in [2.05, 4.69) is 4.98 Å². The summed E-state index contributed by atoms with van der Waals surface area (Å²) in [5, 5.41) is 0. The molecular weight excluding hydrogens is 164 g/mol. The summed E-state index contributed by atoms with van der Waals surface area (Å²) in [6.45, 7) is 1.60. The topological polar surface area (TPSA) is 30.0 Å². The van der Waals surface area contributed by atoms with Crippen molar-refractivity contribution in [1.29, 1.82) is 0 Å². The molecule has 0 amide bonds. The molecule has 0 atom stereocenters. The van der Waals surface area contributed by atoms with Crippen molar-refractivity contribution >= 4 is 6.29 Å². The predicted molar refractivity (Wildman–Crippen MR) is 39.3 cm³/mol. The van der Waals surface area contributed by atoms with Gasteiger partial charge in [0.05, 0.1) is 0 Å². The molecule has 1 heterocycles. The van der Waals surface area contributed by atoms with Gasteiger partial charge in [-0.1, -0.05) is 0 Å². The first-order valence-electron chi connectivity index (χ1n) is 3.36. The van der Waals surface area contributed by atoms with E-state index in [0.717, 1.165) is 0 Å². The normalized spacial score (nSPS) is 10.3. The minimum atomic E-state index is -2.69. The second kappa shape index (κ2) is 3.38. The third-order valence-electron chi connectivity index (χ3n) is 1.43. The van der Waals surface area contributed by atoms with Crippen molar-refractivity contribution in [3.8, 4) is 0 Å². The van der Waals surface area contributed by atoms with Crippen LogP contribution in [0.5, 0.6) is 0 Å². The number of pyridine rings is 1. The quantitative estimate of drug-likeness (QED) is 0.638. The maximum Gasteiger partial charge on any atom is 0.281 e. The highest BCUT2D eigenvalue weighted by Gasteiger charge is 2.13. The van der Waals surface area contributed by atoms with E-state index >= 15 is 0 Å². The molecule has 2 nitrogen and oxygen atoms in total. The van der Waals surface area contributed by atoms with E-state index in [0.29, 0.717) is 12.0 Å². The number of aryl methyl sites for hydroxylation is 1. The standard InChI is InChI=1S/C8H7F2NO/c1-5-2-3-6(4-12)7(11-5)8(9)10/h2-4,8H,1H3. The minimum Gasteiger partial charge on any atom is -0.298 e. The van der Waals surface area contributed by atoms with Gasteiger partial charge in [-0.2, -0.15) is 0 Å². The number of carbonyl (C=O) groups is 1. The molecule has 12 heavy (non-hydrogen) atoms. The van der Waals surface area contributed by atoms with Crippen LogP contribution >= 0.6 is 0 Å². The van der Waals surface area contributed by atoms with E-state index in [4.69, 9.17) is 0 Å². The van der Waals surface area contributed by atoms with Crippen molar-refractivity contribution in [2.45, 2.75) is 13.3 Å². The van der Waals surface area contributed by atoms with Gasteiger partial charge in [0.25, 0.3) is 6.43 Å². The molecule has 0 saturated carbocycles. The molecule has 64 valence electrons. The molecule has 0 saturated heterocycles. The Kier molecular flexibility index (Phi) is 2.47. The fraction of sp³-hybridized carbons (Fsp3) is 0.250. The molecule has 0 N–H and O–H groups in total. The molecule has 0 aliphatic carbocycles. The van der Waals surface area contributed by atoms with Crippen molar-refractivity contribution in [2.75, 3.05) is 0 Å². The Morgan fingerprint density at radius 2 is 2.17 bits per heavy atom. The van der Waals surface area contributed by atoms with Crippen LogP contribution < -0.4 is 0 Å². The Hall–Kier alpha value is -1.32. The summed E-state index contributed by atoms with van der Waals surface area (Å²) in [5.41, 5.74) is -0.00324. The van der Waals surface area contributed by atoms with Crippen LogP contribution in [-0.2, 0) is 0 Å². The van der Waals surface area contributed by atoms with Crippen molar-refractivity contribution in [2.24, 2.45) is 0 Å². The zero-order valence-electron chi connectivity index (χ0n) is 6.42. The van der Waals surface area contributed by atoms with Crippen molar-refractivity contribution in [1.82, 2.24) is 4.98 Å². The molecule has 0 aliphatic rings. The number of carbonyl (C=O) groups excluding carboxylic acids is 1. The molecule has 0 spiro atoms. The molecule has 4 heteroatoms. The third-order valence-corrected chi connectivity index (χ3v) is 1.43. The van der Waals surface area contributed by atoms with Crippen LogP contribution in [0.1, 0.15) is 28.2 Å². The highest BCUT2D eigenvalue weighted by Crippen LogP contribution is 2.19. The lowest BCUT2D eigenvalue weighted by atomic mass is 10.2. The smallest absolute Gasteiger partial charge is 0.281 e. The Labute approximate surface area is 68.2 Å². The molecule has 0 aromatic carbocycles. The monoisotopic (exact) mass is 171 g/mol. The van der Waals surface area contributed by atoms with E-state index in [1.54, 1.807) is 6.92 Å². The van der Waals surface area contributed by atoms with E-state index in [-0.39, 0.29) is 5.56 Å². The van der Waals surface area contributed by atoms with Gasteiger partial charge in [-0.25, -0.2) is 8.78 Å². The van der Waals surface area contributed by atoms with Crippen LogP contribution in [0.15, 0.2) is 12.1 Å². The number of hydrogen-bond donors (Lipinski definition) is 0. The summed E-state index contributed by atoms with van der Waals surface area (Å²) in [4.78, 5) is 13.8. The van der Waals surface area contributed by atoms with Crippen LogP contribution in [0.2, 0.25) is 0 Å². The van der Waals surface area contributed by atoms with Crippen LogP contribution in [-0.4, -0.2) is 11.3 Å². The number of aldehydes is 1. The third kappa shape index (κ3) is 1.64. The van der Waals surface area contributed by atoms with Crippen LogP contribution in [0.3, 0.4) is 0 Å². The van der Waals surface area contributed by atoms with E-state index in [9.17, 15) is 13.6 Å². The minimum absolute atomic E-state index is 0.0457. The van der Waals surface area contributed by atoms with Gasteiger partial charge in [-0.3, -0.25) is 9.78 Å². The number of halogens is 2. The number of hydrogen-bond acceptors (Lipinski definition) is 2. The molecule has 0 fully saturated rings. The first-order valence-corrected chi connectivity index (χ1v) is 3.36.